The number of nitrogens with zero attached hydrogens (tertiary/aromatic N) is 3. The van der Waals surface area contributed by atoms with E-state index in [1.54, 1.807) is 54.2 Å². The van der Waals surface area contributed by atoms with Crippen LogP contribution in [-0.4, -0.2) is 18.8 Å². The minimum Gasteiger partial charge on any atom is -0.506 e. The Bertz CT molecular complexity index is 1410. The highest BCUT2D eigenvalue weighted by molar-refractivity contribution is 6.36. The number of rotatable bonds is 2. The Morgan fingerprint density at radius 2 is 1.69 bits per heavy atom. The number of aromatic hydroxyl groups is 1. The molecule has 1 N–H and O–H groups in total. The lowest BCUT2D eigenvalue weighted by atomic mass is 10.1. The van der Waals surface area contributed by atoms with Crippen LogP contribution in [0, 0.1) is 6.92 Å². The lowest BCUT2D eigenvalue weighted by Gasteiger charge is -2.13. The number of fused-ring (bicyclic) bond motifs is 1. The first-order valence-electron chi connectivity index (χ1n) is 8.77. The van der Waals surface area contributed by atoms with Crippen molar-refractivity contribution in [1.82, 2.24) is 13.7 Å². The molecule has 0 radical (unpaired) electrons. The van der Waals surface area contributed by atoms with E-state index in [-0.39, 0.29) is 5.75 Å². The zero-order valence-electron chi connectivity index (χ0n) is 15.9. The van der Waals surface area contributed by atoms with Crippen molar-refractivity contribution in [3.63, 3.8) is 0 Å². The van der Waals surface area contributed by atoms with Gasteiger partial charge in [0.1, 0.15) is 5.75 Å². The number of benzene rings is 2. The van der Waals surface area contributed by atoms with Crippen LogP contribution >= 0.6 is 23.2 Å². The van der Waals surface area contributed by atoms with Gasteiger partial charge in [0, 0.05) is 30.9 Å². The summed E-state index contributed by atoms with van der Waals surface area (Å²) in [5.74, 6) is 0.0315. The standard InChI is InChI=1S/C21H17Cl2N3O3/c1-11-4-7-17(27)15(8-11)26-10-16-18(20(28)25(3)21(29)24(16)2)19(26)13-6-5-12(22)9-14(13)23/h4-10,27H,1-3H3. The van der Waals surface area contributed by atoms with Crippen LogP contribution < -0.4 is 11.2 Å². The molecule has 148 valence electrons. The van der Waals surface area contributed by atoms with Gasteiger partial charge in [-0.15, -0.1) is 0 Å². The summed E-state index contributed by atoms with van der Waals surface area (Å²) in [6.45, 7) is 1.90. The maximum atomic E-state index is 13.1. The highest BCUT2D eigenvalue weighted by atomic mass is 35.5. The Hall–Kier alpha value is -2.96. The molecular weight excluding hydrogens is 413 g/mol. The van der Waals surface area contributed by atoms with Crippen LogP contribution in [0.2, 0.25) is 10.0 Å². The summed E-state index contributed by atoms with van der Waals surface area (Å²) in [6, 6.07) is 10.1. The van der Waals surface area contributed by atoms with Gasteiger partial charge in [-0.2, -0.15) is 0 Å². The van der Waals surface area contributed by atoms with Crippen LogP contribution in [0.5, 0.6) is 5.75 Å². The Morgan fingerprint density at radius 1 is 0.966 bits per heavy atom. The molecule has 8 heteroatoms. The third-order valence-corrected chi connectivity index (χ3v) is 5.56. The molecule has 2 heterocycles. The molecule has 0 aliphatic rings. The van der Waals surface area contributed by atoms with E-state index in [1.807, 2.05) is 6.92 Å². The maximum absolute atomic E-state index is 13.1. The quantitative estimate of drug-likeness (QED) is 0.523. The zero-order chi connectivity index (χ0) is 21.0. The summed E-state index contributed by atoms with van der Waals surface area (Å²) in [7, 11) is 3.02. The SMILES string of the molecule is Cc1ccc(O)c(-n2cc3c(c2-c2ccc(Cl)cc2Cl)c(=O)n(C)c(=O)n3C)c1. The average Bonchev–Trinajstić information content (AvgIpc) is 3.07. The molecule has 4 aromatic rings. The van der Waals surface area contributed by atoms with Gasteiger partial charge >= 0.3 is 5.69 Å². The minimum absolute atomic E-state index is 0.0315. The lowest BCUT2D eigenvalue weighted by molar-refractivity contribution is 0.472. The molecule has 0 amide bonds. The van der Waals surface area contributed by atoms with Crippen molar-refractivity contribution in [3.8, 4) is 22.7 Å². The monoisotopic (exact) mass is 429 g/mol. The molecule has 2 aromatic heterocycles. The van der Waals surface area contributed by atoms with Gasteiger partial charge in [-0.1, -0.05) is 29.3 Å². The first kappa shape index (κ1) is 19.4. The van der Waals surface area contributed by atoms with Crippen LogP contribution in [0.25, 0.3) is 27.8 Å². The maximum Gasteiger partial charge on any atom is 0.330 e. The number of phenols is 1. The third kappa shape index (κ3) is 2.96. The molecular formula is C21H17Cl2N3O3. The predicted molar refractivity (Wildman–Crippen MR) is 116 cm³/mol. The van der Waals surface area contributed by atoms with E-state index >= 15 is 0 Å². The molecule has 0 spiro atoms. The molecule has 0 saturated heterocycles. The third-order valence-electron chi connectivity index (χ3n) is 5.02. The van der Waals surface area contributed by atoms with Crippen molar-refractivity contribution in [2.75, 3.05) is 0 Å². The molecule has 0 aliphatic carbocycles. The fourth-order valence-electron chi connectivity index (χ4n) is 3.50. The number of hydrogen-bond donors (Lipinski definition) is 1. The zero-order valence-corrected chi connectivity index (χ0v) is 17.4. The van der Waals surface area contributed by atoms with Crippen molar-refractivity contribution in [2.24, 2.45) is 14.1 Å². The summed E-state index contributed by atoms with van der Waals surface area (Å²) in [4.78, 5) is 25.5. The van der Waals surface area contributed by atoms with Crippen LogP contribution in [0.1, 0.15) is 5.56 Å². The average molecular weight is 430 g/mol. The number of aryl methyl sites for hydroxylation is 2. The van der Waals surface area contributed by atoms with Crippen LogP contribution in [0.15, 0.2) is 52.2 Å². The molecule has 0 aliphatic heterocycles. The van der Waals surface area contributed by atoms with Crippen molar-refractivity contribution in [3.05, 3.63) is 79.0 Å². The van der Waals surface area contributed by atoms with Gasteiger partial charge < -0.3 is 9.67 Å². The second-order valence-corrected chi connectivity index (χ2v) is 7.77. The van der Waals surface area contributed by atoms with Gasteiger partial charge in [0.2, 0.25) is 0 Å². The largest absolute Gasteiger partial charge is 0.506 e. The number of phenolic OH excluding ortho intramolecular Hbond substituents is 1. The Kier molecular flexibility index (Phi) is 4.56. The van der Waals surface area contributed by atoms with Crippen LogP contribution in [-0.2, 0) is 14.1 Å². The minimum atomic E-state index is -0.449. The van der Waals surface area contributed by atoms with Crippen molar-refractivity contribution in [2.45, 2.75) is 6.92 Å². The lowest BCUT2D eigenvalue weighted by Crippen LogP contribution is -2.36. The molecule has 0 fully saturated rings. The highest BCUT2D eigenvalue weighted by Gasteiger charge is 2.23. The van der Waals surface area contributed by atoms with Gasteiger partial charge in [0.25, 0.3) is 5.56 Å². The summed E-state index contributed by atoms with van der Waals surface area (Å²) < 4.78 is 4.13. The summed E-state index contributed by atoms with van der Waals surface area (Å²) in [5.41, 5.74) is 1.96. The topological polar surface area (TPSA) is 69.2 Å². The fraction of sp³-hybridized carbons (Fsp3) is 0.143. The van der Waals surface area contributed by atoms with Gasteiger partial charge in [-0.05, 0) is 42.8 Å². The number of halogens is 2. The molecule has 0 bridgehead atoms. The Balaban J connectivity index is 2.26. The van der Waals surface area contributed by atoms with Crippen molar-refractivity contribution >= 4 is 34.1 Å². The van der Waals surface area contributed by atoms with Gasteiger partial charge in [-0.3, -0.25) is 13.9 Å². The smallest absolute Gasteiger partial charge is 0.330 e. The fourth-order valence-corrected chi connectivity index (χ4v) is 4.00. The molecule has 29 heavy (non-hydrogen) atoms. The van der Waals surface area contributed by atoms with Crippen LogP contribution in [0.4, 0.5) is 0 Å². The van der Waals surface area contributed by atoms with E-state index in [0.29, 0.717) is 37.9 Å². The first-order chi connectivity index (χ1) is 13.7. The summed E-state index contributed by atoms with van der Waals surface area (Å²) in [6.07, 6.45) is 1.66. The van der Waals surface area contributed by atoms with Gasteiger partial charge in [0.05, 0.1) is 27.3 Å². The molecule has 0 unspecified atom stereocenters. The van der Waals surface area contributed by atoms with Gasteiger partial charge in [-0.25, -0.2) is 4.79 Å². The van der Waals surface area contributed by atoms with Crippen molar-refractivity contribution < 1.29 is 5.11 Å². The summed E-state index contributed by atoms with van der Waals surface area (Å²) in [5, 5.41) is 11.6. The number of hydrogen-bond acceptors (Lipinski definition) is 3. The molecule has 0 atom stereocenters. The highest BCUT2D eigenvalue weighted by Crippen LogP contribution is 2.38. The van der Waals surface area contributed by atoms with Crippen LogP contribution in [0.3, 0.4) is 0 Å². The van der Waals surface area contributed by atoms with E-state index in [4.69, 9.17) is 23.2 Å². The Labute approximate surface area is 175 Å². The Morgan fingerprint density at radius 3 is 2.38 bits per heavy atom. The molecule has 0 saturated carbocycles. The number of aromatic nitrogens is 3. The molecule has 4 rings (SSSR count). The first-order valence-corrected chi connectivity index (χ1v) is 9.52. The second kappa shape index (κ2) is 6.83. The predicted octanol–water partition coefficient (Wildman–Crippen LogP) is 4.02. The van der Waals surface area contributed by atoms with E-state index in [0.717, 1.165) is 10.1 Å². The van der Waals surface area contributed by atoms with E-state index in [1.165, 1.54) is 11.6 Å². The molecule has 6 nitrogen and oxygen atoms in total. The van der Waals surface area contributed by atoms with E-state index < -0.39 is 11.2 Å². The molecule has 2 aromatic carbocycles. The normalized spacial score (nSPS) is 11.3. The van der Waals surface area contributed by atoms with E-state index in [9.17, 15) is 14.7 Å². The second-order valence-electron chi connectivity index (χ2n) is 6.93. The summed E-state index contributed by atoms with van der Waals surface area (Å²) >= 11 is 12.5. The van der Waals surface area contributed by atoms with E-state index in [2.05, 4.69) is 0 Å². The van der Waals surface area contributed by atoms with Gasteiger partial charge in [0.15, 0.2) is 0 Å². The van der Waals surface area contributed by atoms with Crippen molar-refractivity contribution in [1.29, 1.82) is 0 Å².